The molecule has 2 aromatic rings. The number of nitrogens with one attached hydrogen (secondary N) is 2. The van der Waals surface area contributed by atoms with E-state index in [0.29, 0.717) is 43.1 Å². The number of ether oxygens (including phenoxy) is 1. The van der Waals surface area contributed by atoms with Crippen molar-refractivity contribution in [1.29, 1.82) is 0 Å². The summed E-state index contributed by atoms with van der Waals surface area (Å²) in [4.78, 5) is 16.1. The van der Waals surface area contributed by atoms with Gasteiger partial charge in [0, 0.05) is 32.0 Å². The van der Waals surface area contributed by atoms with Crippen LogP contribution in [0.5, 0.6) is 0 Å². The average Bonchev–Trinajstić information content (AvgIpc) is 2.57. The van der Waals surface area contributed by atoms with Gasteiger partial charge in [-0.05, 0) is 30.2 Å². The second-order valence-corrected chi connectivity index (χ2v) is 4.95. The number of pyridine rings is 1. The molecule has 2 N–H and O–H groups in total. The molecule has 0 radical (unpaired) electrons. The Hall–Kier alpha value is -2.47. The van der Waals surface area contributed by atoms with Crippen molar-refractivity contribution in [2.45, 2.75) is 6.42 Å². The summed E-state index contributed by atoms with van der Waals surface area (Å²) in [7, 11) is 1.58. The highest BCUT2D eigenvalue weighted by molar-refractivity contribution is 5.94. The predicted molar refractivity (Wildman–Crippen MR) is 87.0 cm³/mol. The van der Waals surface area contributed by atoms with Gasteiger partial charge in [0.25, 0.3) is 5.91 Å². The third-order valence-corrected chi connectivity index (χ3v) is 3.27. The van der Waals surface area contributed by atoms with Gasteiger partial charge in [0.1, 0.15) is 11.6 Å². The van der Waals surface area contributed by atoms with E-state index in [1.807, 2.05) is 6.07 Å². The molecule has 122 valence electrons. The first kappa shape index (κ1) is 16.9. The molecule has 1 heterocycles. The Bertz CT molecular complexity index is 649. The number of carbonyl (C=O) groups is 1. The van der Waals surface area contributed by atoms with E-state index in [1.54, 1.807) is 37.6 Å². The molecule has 0 saturated carbocycles. The number of anilines is 1. The van der Waals surface area contributed by atoms with E-state index < -0.39 is 0 Å². The van der Waals surface area contributed by atoms with Gasteiger partial charge in [0.15, 0.2) is 0 Å². The third kappa shape index (κ3) is 5.34. The molecule has 0 fully saturated rings. The topological polar surface area (TPSA) is 63.2 Å². The minimum atomic E-state index is -0.214. The van der Waals surface area contributed by atoms with E-state index in [4.69, 9.17) is 4.74 Å². The van der Waals surface area contributed by atoms with E-state index in [1.165, 1.54) is 6.07 Å². The highest BCUT2D eigenvalue weighted by Crippen LogP contribution is 2.09. The molecule has 0 bridgehead atoms. The van der Waals surface area contributed by atoms with Gasteiger partial charge in [0.05, 0.1) is 6.61 Å². The number of aromatic nitrogens is 1. The Kier molecular flexibility index (Phi) is 6.50. The van der Waals surface area contributed by atoms with Crippen LogP contribution >= 0.6 is 0 Å². The van der Waals surface area contributed by atoms with Gasteiger partial charge in [-0.2, -0.15) is 0 Å². The monoisotopic (exact) mass is 317 g/mol. The zero-order valence-electron chi connectivity index (χ0n) is 13.0. The summed E-state index contributed by atoms with van der Waals surface area (Å²) in [6, 6.07) is 9.98. The van der Waals surface area contributed by atoms with Crippen LogP contribution in [0.15, 0.2) is 42.6 Å². The lowest BCUT2D eigenvalue weighted by Crippen LogP contribution is -2.27. The standard InChI is InChI=1S/C17H20FN3O2/c1-23-11-10-21-17(22)14-7-9-20-16(12-14)19-8-6-13-4-2-3-5-15(13)18/h2-5,7,9,12H,6,8,10-11H2,1H3,(H,19,20)(H,21,22). The Morgan fingerprint density at radius 3 is 2.87 bits per heavy atom. The number of methoxy groups -OCH3 is 1. The maximum Gasteiger partial charge on any atom is 0.251 e. The van der Waals surface area contributed by atoms with Crippen molar-refractivity contribution in [3.05, 3.63) is 59.5 Å². The Morgan fingerprint density at radius 2 is 2.09 bits per heavy atom. The van der Waals surface area contributed by atoms with Crippen molar-refractivity contribution in [3.8, 4) is 0 Å². The SMILES string of the molecule is COCCNC(=O)c1ccnc(NCCc2ccccc2F)c1. The van der Waals surface area contributed by atoms with E-state index >= 15 is 0 Å². The Morgan fingerprint density at radius 1 is 1.26 bits per heavy atom. The molecule has 0 atom stereocenters. The third-order valence-electron chi connectivity index (χ3n) is 3.27. The molecule has 0 unspecified atom stereocenters. The second-order valence-electron chi connectivity index (χ2n) is 4.95. The largest absolute Gasteiger partial charge is 0.383 e. The summed E-state index contributed by atoms with van der Waals surface area (Å²) < 4.78 is 18.4. The van der Waals surface area contributed by atoms with Crippen molar-refractivity contribution in [2.75, 3.05) is 32.1 Å². The smallest absolute Gasteiger partial charge is 0.251 e. The minimum Gasteiger partial charge on any atom is -0.383 e. The molecule has 0 aliphatic heterocycles. The molecule has 1 aromatic heterocycles. The maximum absolute atomic E-state index is 13.5. The summed E-state index contributed by atoms with van der Waals surface area (Å²) >= 11 is 0. The van der Waals surface area contributed by atoms with E-state index in [9.17, 15) is 9.18 Å². The number of halogens is 1. The Labute approximate surface area is 134 Å². The van der Waals surface area contributed by atoms with Crippen molar-refractivity contribution in [3.63, 3.8) is 0 Å². The van der Waals surface area contributed by atoms with Gasteiger partial charge in [-0.15, -0.1) is 0 Å². The van der Waals surface area contributed by atoms with Crippen molar-refractivity contribution in [1.82, 2.24) is 10.3 Å². The number of amides is 1. The van der Waals surface area contributed by atoms with Gasteiger partial charge in [-0.3, -0.25) is 4.79 Å². The Balaban J connectivity index is 1.87. The van der Waals surface area contributed by atoms with Gasteiger partial charge in [-0.1, -0.05) is 18.2 Å². The fourth-order valence-electron chi connectivity index (χ4n) is 2.06. The number of carbonyl (C=O) groups excluding carboxylic acids is 1. The molecule has 0 saturated heterocycles. The zero-order valence-corrected chi connectivity index (χ0v) is 13.0. The zero-order chi connectivity index (χ0) is 16.5. The lowest BCUT2D eigenvalue weighted by Gasteiger charge is -2.08. The van der Waals surface area contributed by atoms with Crippen molar-refractivity contribution >= 4 is 11.7 Å². The van der Waals surface area contributed by atoms with Crippen LogP contribution in [0.3, 0.4) is 0 Å². The summed E-state index contributed by atoms with van der Waals surface area (Å²) in [6.07, 6.45) is 2.11. The fourth-order valence-corrected chi connectivity index (χ4v) is 2.06. The van der Waals surface area contributed by atoms with Crippen LogP contribution in [0, 0.1) is 5.82 Å². The summed E-state index contributed by atoms with van der Waals surface area (Å²) in [5.41, 5.74) is 1.16. The van der Waals surface area contributed by atoms with E-state index in [-0.39, 0.29) is 11.7 Å². The second kappa shape index (κ2) is 8.85. The highest BCUT2D eigenvalue weighted by atomic mass is 19.1. The molecule has 0 spiro atoms. The van der Waals surface area contributed by atoms with E-state index in [2.05, 4.69) is 15.6 Å². The lowest BCUT2D eigenvalue weighted by atomic mass is 10.1. The molecule has 1 aromatic carbocycles. The van der Waals surface area contributed by atoms with Crippen molar-refractivity contribution in [2.24, 2.45) is 0 Å². The first-order valence-corrected chi connectivity index (χ1v) is 7.41. The van der Waals surface area contributed by atoms with Gasteiger partial charge in [0.2, 0.25) is 0 Å². The van der Waals surface area contributed by atoms with Crippen LogP contribution in [0.2, 0.25) is 0 Å². The first-order chi connectivity index (χ1) is 11.2. The summed E-state index contributed by atoms with van der Waals surface area (Å²) in [5.74, 6) is 0.191. The normalized spacial score (nSPS) is 10.3. The first-order valence-electron chi connectivity index (χ1n) is 7.41. The molecular weight excluding hydrogens is 297 g/mol. The van der Waals surface area contributed by atoms with E-state index in [0.717, 1.165) is 0 Å². The number of benzene rings is 1. The maximum atomic E-state index is 13.5. The van der Waals surface area contributed by atoms with Gasteiger partial charge >= 0.3 is 0 Å². The molecule has 2 rings (SSSR count). The molecule has 6 heteroatoms. The van der Waals surface area contributed by atoms with Crippen LogP contribution in [0.1, 0.15) is 15.9 Å². The molecular formula is C17H20FN3O2. The van der Waals surface area contributed by atoms with Crippen molar-refractivity contribution < 1.29 is 13.9 Å². The predicted octanol–water partition coefficient (Wildman–Crippen LogP) is 2.25. The molecule has 0 aliphatic carbocycles. The number of rotatable bonds is 8. The molecule has 1 amide bonds. The molecule has 23 heavy (non-hydrogen) atoms. The van der Waals surface area contributed by atoms with Gasteiger partial charge < -0.3 is 15.4 Å². The van der Waals surface area contributed by atoms with Crippen LogP contribution in [0.4, 0.5) is 10.2 Å². The minimum absolute atomic E-state index is 0.179. The molecule has 0 aliphatic rings. The molecule has 5 nitrogen and oxygen atoms in total. The number of hydrogen-bond donors (Lipinski definition) is 2. The quantitative estimate of drug-likeness (QED) is 0.733. The fraction of sp³-hybridized carbons (Fsp3) is 0.294. The number of nitrogens with zero attached hydrogens (tertiary/aromatic N) is 1. The van der Waals surface area contributed by atoms with Crippen LogP contribution < -0.4 is 10.6 Å². The highest BCUT2D eigenvalue weighted by Gasteiger charge is 2.06. The average molecular weight is 317 g/mol. The number of hydrogen-bond acceptors (Lipinski definition) is 4. The van der Waals surface area contributed by atoms with Crippen LogP contribution in [-0.4, -0.2) is 37.7 Å². The van der Waals surface area contributed by atoms with Gasteiger partial charge in [-0.25, -0.2) is 9.37 Å². The lowest BCUT2D eigenvalue weighted by molar-refractivity contribution is 0.0937. The van der Waals surface area contributed by atoms with Crippen LogP contribution in [0.25, 0.3) is 0 Å². The summed E-state index contributed by atoms with van der Waals surface area (Å²) in [5, 5.41) is 5.85. The van der Waals surface area contributed by atoms with Crippen LogP contribution in [-0.2, 0) is 11.2 Å². The summed E-state index contributed by atoms with van der Waals surface area (Å²) in [6.45, 7) is 1.45.